The van der Waals surface area contributed by atoms with Crippen molar-refractivity contribution < 1.29 is 22.7 Å². The van der Waals surface area contributed by atoms with E-state index < -0.39 is 15.9 Å². The van der Waals surface area contributed by atoms with Gasteiger partial charge in [-0.05, 0) is 43.4 Å². The third-order valence-electron chi connectivity index (χ3n) is 6.89. The van der Waals surface area contributed by atoms with E-state index in [0.717, 1.165) is 30.3 Å². The first kappa shape index (κ1) is 29.9. The molecule has 13 heteroatoms. The maximum atomic E-state index is 13.7. The number of ether oxygens (including phenoxy) is 2. The van der Waals surface area contributed by atoms with Gasteiger partial charge in [0.1, 0.15) is 5.82 Å². The Hall–Kier alpha value is -3.64. The molecule has 0 saturated carbocycles. The number of methoxy groups -OCH3 is 2. The van der Waals surface area contributed by atoms with Crippen LogP contribution >= 0.6 is 12.4 Å². The van der Waals surface area contributed by atoms with Gasteiger partial charge in [-0.3, -0.25) is 14.9 Å². The van der Waals surface area contributed by atoms with Gasteiger partial charge in [-0.1, -0.05) is 18.2 Å². The van der Waals surface area contributed by atoms with Crippen LogP contribution in [0.25, 0.3) is 10.9 Å². The lowest BCUT2D eigenvalue weighted by molar-refractivity contribution is -0.117. The molecule has 0 unspecified atom stereocenters. The number of para-hydroxylation sites is 1. The Balaban J connectivity index is 0.00000420. The number of primary amides is 1. The molecule has 39 heavy (non-hydrogen) atoms. The number of fused-ring (bicyclic) bond motifs is 1. The Kier molecular flexibility index (Phi) is 9.57. The first-order chi connectivity index (χ1) is 18.1. The number of nitrogens with one attached hydrogen (secondary N) is 2. The Morgan fingerprint density at radius 3 is 2.51 bits per heavy atom. The molecule has 212 valence electrons. The molecule has 11 nitrogen and oxygen atoms in total. The van der Waals surface area contributed by atoms with E-state index in [2.05, 4.69) is 4.72 Å². The molecule has 2 heterocycles. The van der Waals surface area contributed by atoms with Gasteiger partial charge in [-0.2, -0.15) is 0 Å². The number of halogens is 1. The number of carbonyl (C=O) groups is 1. The van der Waals surface area contributed by atoms with Crippen LogP contribution in [-0.4, -0.2) is 57.1 Å². The molecule has 0 bridgehead atoms. The summed E-state index contributed by atoms with van der Waals surface area (Å²) in [6.07, 6.45) is 2.14. The third-order valence-corrected chi connectivity index (χ3v) is 8.23. The van der Waals surface area contributed by atoms with Crippen LogP contribution in [-0.2, 0) is 27.8 Å². The summed E-state index contributed by atoms with van der Waals surface area (Å²) in [4.78, 5) is 13.5. The number of piperidine rings is 1. The van der Waals surface area contributed by atoms with Crippen LogP contribution in [0.4, 0.5) is 5.82 Å². The molecule has 1 fully saturated rings. The minimum Gasteiger partial charge on any atom is -0.493 e. The number of hydrogen-bond donors (Lipinski definition) is 4. The molecule has 1 amide bonds. The molecule has 4 rings (SSSR count). The van der Waals surface area contributed by atoms with Gasteiger partial charge >= 0.3 is 0 Å². The second-order valence-corrected chi connectivity index (χ2v) is 11.1. The first-order valence-corrected chi connectivity index (χ1v) is 13.8. The highest BCUT2D eigenvalue weighted by Gasteiger charge is 2.27. The number of nitrogens with zero attached hydrogens (tertiary/aromatic N) is 2. The highest BCUT2D eigenvalue weighted by Crippen LogP contribution is 2.36. The Labute approximate surface area is 234 Å². The zero-order valence-corrected chi connectivity index (χ0v) is 23.6. The number of anilines is 1. The lowest BCUT2D eigenvalue weighted by atomic mass is 9.98. The number of aromatic nitrogens is 1. The number of carbonyl (C=O) groups excluding carboxylic acids is 1. The summed E-state index contributed by atoms with van der Waals surface area (Å²) in [5.41, 5.74) is 12.8. The van der Waals surface area contributed by atoms with Gasteiger partial charge in [0.25, 0.3) is 10.0 Å². The van der Waals surface area contributed by atoms with Crippen LogP contribution in [0.1, 0.15) is 24.8 Å². The van der Waals surface area contributed by atoms with E-state index in [-0.39, 0.29) is 47.8 Å². The van der Waals surface area contributed by atoms with Gasteiger partial charge in [0, 0.05) is 48.6 Å². The lowest BCUT2D eigenvalue weighted by Gasteiger charge is -2.33. The molecule has 1 saturated heterocycles. The summed E-state index contributed by atoms with van der Waals surface area (Å²) >= 11 is 0. The fourth-order valence-electron chi connectivity index (χ4n) is 5.04. The van der Waals surface area contributed by atoms with Crippen molar-refractivity contribution in [1.82, 2.24) is 9.47 Å². The molecule has 6 N–H and O–H groups in total. The fraction of sp³-hybridized carbons (Fsp3) is 0.385. The summed E-state index contributed by atoms with van der Waals surface area (Å²) in [6.45, 7) is 1.83. The summed E-state index contributed by atoms with van der Waals surface area (Å²) in [5, 5.41) is 8.69. The zero-order valence-electron chi connectivity index (χ0n) is 22.0. The number of nitrogens with two attached hydrogens (primary N) is 2. The Morgan fingerprint density at radius 2 is 1.85 bits per heavy atom. The van der Waals surface area contributed by atoms with E-state index in [1.807, 2.05) is 33.7 Å². The SMILES string of the molecule is COc1ccc(S(=O)(=O)Nc2c(CCC(N)=O)c3ccccc3n2C[C@@H]2CCCN(C(=N)N)C2)cc1OC.Cl. The highest BCUT2D eigenvalue weighted by atomic mass is 35.5. The van der Waals surface area contributed by atoms with Crippen molar-refractivity contribution in [2.24, 2.45) is 17.4 Å². The van der Waals surface area contributed by atoms with Crippen molar-refractivity contribution >= 4 is 51.0 Å². The summed E-state index contributed by atoms with van der Waals surface area (Å²) in [6, 6.07) is 12.0. The highest BCUT2D eigenvalue weighted by molar-refractivity contribution is 7.92. The van der Waals surface area contributed by atoms with Crippen LogP contribution in [0.5, 0.6) is 11.5 Å². The summed E-state index contributed by atoms with van der Waals surface area (Å²) in [7, 11) is -1.14. The van der Waals surface area contributed by atoms with Gasteiger partial charge < -0.3 is 30.4 Å². The second kappa shape index (κ2) is 12.5. The largest absolute Gasteiger partial charge is 0.493 e. The predicted molar refractivity (Wildman–Crippen MR) is 153 cm³/mol. The number of amides is 1. The maximum Gasteiger partial charge on any atom is 0.263 e. The maximum absolute atomic E-state index is 13.7. The average Bonchev–Trinajstić information content (AvgIpc) is 3.18. The lowest BCUT2D eigenvalue weighted by Crippen LogP contribution is -2.44. The molecule has 2 aromatic carbocycles. The average molecular weight is 579 g/mol. The van der Waals surface area contributed by atoms with Crippen LogP contribution in [0.3, 0.4) is 0 Å². The smallest absolute Gasteiger partial charge is 0.263 e. The van der Waals surface area contributed by atoms with E-state index >= 15 is 0 Å². The van der Waals surface area contributed by atoms with Gasteiger partial charge in [-0.25, -0.2) is 8.42 Å². The van der Waals surface area contributed by atoms with Gasteiger partial charge in [0.15, 0.2) is 17.5 Å². The van der Waals surface area contributed by atoms with Crippen LogP contribution in [0.15, 0.2) is 47.4 Å². The van der Waals surface area contributed by atoms with Crippen LogP contribution < -0.4 is 25.7 Å². The molecule has 0 aliphatic carbocycles. The number of guanidine groups is 1. The summed E-state index contributed by atoms with van der Waals surface area (Å²) in [5.74, 6) is 0.786. The topological polar surface area (TPSA) is 166 Å². The van der Waals surface area contributed by atoms with Crippen molar-refractivity contribution in [3.63, 3.8) is 0 Å². The number of benzene rings is 2. The normalized spacial score (nSPS) is 15.4. The predicted octanol–water partition coefficient (Wildman–Crippen LogP) is 2.90. The minimum absolute atomic E-state index is 0. The van der Waals surface area contributed by atoms with E-state index in [9.17, 15) is 13.2 Å². The van der Waals surface area contributed by atoms with Crippen molar-refractivity contribution in [2.75, 3.05) is 32.0 Å². The van der Waals surface area contributed by atoms with Gasteiger partial charge in [0.2, 0.25) is 5.91 Å². The van der Waals surface area contributed by atoms with E-state index in [1.165, 1.54) is 32.4 Å². The molecule has 0 radical (unpaired) electrons. The van der Waals surface area contributed by atoms with E-state index in [1.54, 1.807) is 0 Å². The van der Waals surface area contributed by atoms with E-state index in [4.69, 9.17) is 26.4 Å². The molecule has 1 aromatic heterocycles. The monoisotopic (exact) mass is 578 g/mol. The quantitative estimate of drug-likeness (QED) is 0.212. The Bertz CT molecular complexity index is 1460. The van der Waals surface area contributed by atoms with Crippen molar-refractivity contribution in [1.29, 1.82) is 5.41 Å². The molecule has 1 aliphatic rings. The summed E-state index contributed by atoms with van der Waals surface area (Å²) < 4.78 is 42.6. The molecule has 0 spiro atoms. The van der Waals surface area contributed by atoms with E-state index in [0.29, 0.717) is 30.2 Å². The number of rotatable bonds is 10. The van der Waals surface area contributed by atoms with Gasteiger partial charge in [-0.15, -0.1) is 12.4 Å². The van der Waals surface area contributed by atoms with Crippen molar-refractivity contribution in [2.45, 2.75) is 37.1 Å². The van der Waals surface area contributed by atoms with Crippen molar-refractivity contribution in [3.8, 4) is 11.5 Å². The number of likely N-dealkylation sites (tertiary alicyclic amines) is 1. The number of hydrogen-bond acceptors (Lipinski definition) is 6. The molecular formula is C26H35ClN6O5S. The molecular weight excluding hydrogens is 544 g/mol. The third kappa shape index (κ3) is 6.51. The Morgan fingerprint density at radius 1 is 1.13 bits per heavy atom. The minimum atomic E-state index is -4.05. The second-order valence-electron chi connectivity index (χ2n) is 9.38. The first-order valence-electron chi connectivity index (χ1n) is 12.4. The number of aryl methyl sites for hydroxylation is 1. The van der Waals surface area contributed by atoms with Gasteiger partial charge in [0.05, 0.1) is 19.1 Å². The molecule has 3 aromatic rings. The standard InChI is InChI=1S/C26H34N6O5S.ClH/c1-36-22-11-9-18(14-23(22)37-2)38(34,35)30-25-20(10-12-24(27)33)19-7-3-4-8-21(19)32(25)16-17-6-5-13-31(15-17)26(28)29;/h3-4,7-9,11,14,17,30H,5-6,10,12-13,15-16H2,1-2H3,(H2,27,33)(H3,28,29);1H/t17-;/m1./s1. The fourth-order valence-corrected chi connectivity index (χ4v) is 6.16. The van der Waals surface area contributed by atoms with Crippen molar-refractivity contribution in [3.05, 3.63) is 48.0 Å². The zero-order chi connectivity index (χ0) is 27.4. The van der Waals surface area contributed by atoms with Crippen LogP contribution in [0, 0.1) is 11.3 Å². The number of sulfonamides is 1. The molecule has 1 atom stereocenters. The molecule has 1 aliphatic heterocycles. The van der Waals surface area contributed by atoms with Crippen LogP contribution in [0.2, 0.25) is 0 Å².